The highest BCUT2D eigenvalue weighted by Gasteiger charge is 2.22. The second-order valence-electron chi connectivity index (χ2n) is 5.11. The Kier molecular flexibility index (Phi) is 6.32. The van der Waals surface area contributed by atoms with Crippen LogP contribution in [0.15, 0.2) is 0 Å². The molecule has 0 N–H and O–H groups in total. The summed E-state index contributed by atoms with van der Waals surface area (Å²) in [5.41, 5.74) is 0. The maximum atomic E-state index is 5.61. The molecular formula is C13H28N2O. The van der Waals surface area contributed by atoms with Gasteiger partial charge in [0.1, 0.15) is 0 Å². The van der Waals surface area contributed by atoms with Crippen LogP contribution >= 0.6 is 0 Å². The SMILES string of the molecule is CCCN1CCN(CCOC(C)C)[C@@H](C)C1. The van der Waals surface area contributed by atoms with Gasteiger partial charge >= 0.3 is 0 Å². The van der Waals surface area contributed by atoms with Crippen LogP contribution in [0.4, 0.5) is 0 Å². The lowest BCUT2D eigenvalue weighted by Crippen LogP contribution is -2.52. The third-order valence-electron chi connectivity index (χ3n) is 3.22. The fourth-order valence-corrected chi connectivity index (χ4v) is 2.33. The van der Waals surface area contributed by atoms with E-state index < -0.39 is 0 Å². The van der Waals surface area contributed by atoms with E-state index in [4.69, 9.17) is 4.74 Å². The Morgan fingerprint density at radius 1 is 1.25 bits per heavy atom. The smallest absolute Gasteiger partial charge is 0.0597 e. The summed E-state index contributed by atoms with van der Waals surface area (Å²) in [7, 11) is 0. The van der Waals surface area contributed by atoms with Gasteiger partial charge in [0.25, 0.3) is 0 Å². The summed E-state index contributed by atoms with van der Waals surface area (Å²) in [6.45, 7) is 15.6. The molecule has 1 aliphatic rings. The minimum absolute atomic E-state index is 0.358. The Hall–Kier alpha value is -0.120. The zero-order valence-corrected chi connectivity index (χ0v) is 11.4. The van der Waals surface area contributed by atoms with Gasteiger partial charge in [-0.25, -0.2) is 0 Å². The van der Waals surface area contributed by atoms with Gasteiger partial charge in [-0.1, -0.05) is 6.92 Å². The third kappa shape index (κ3) is 4.81. The van der Waals surface area contributed by atoms with Crippen LogP contribution in [0.25, 0.3) is 0 Å². The van der Waals surface area contributed by atoms with E-state index >= 15 is 0 Å². The molecule has 0 saturated carbocycles. The molecule has 1 aliphatic heterocycles. The third-order valence-corrected chi connectivity index (χ3v) is 3.22. The van der Waals surface area contributed by atoms with Gasteiger partial charge < -0.3 is 9.64 Å². The van der Waals surface area contributed by atoms with E-state index in [1.165, 1.54) is 32.6 Å². The molecule has 3 nitrogen and oxygen atoms in total. The van der Waals surface area contributed by atoms with Crippen molar-refractivity contribution in [3.63, 3.8) is 0 Å². The van der Waals surface area contributed by atoms with Crippen LogP contribution in [-0.2, 0) is 4.74 Å². The summed E-state index contributed by atoms with van der Waals surface area (Å²) in [5.74, 6) is 0. The summed E-state index contributed by atoms with van der Waals surface area (Å²) in [5, 5.41) is 0. The first-order chi connectivity index (χ1) is 7.63. The molecular weight excluding hydrogens is 200 g/mol. The number of hydrogen-bond donors (Lipinski definition) is 0. The van der Waals surface area contributed by atoms with Crippen molar-refractivity contribution in [1.29, 1.82) is 0 Å². The molecule has 1 heterocycles. The Labute approximate surface area is 101 Å². The first-order valence-corrected chi connectivity index (χ1v) is 6.71. The molecule has 96 valence electrons. The van der Waals surface area contributed by atoms with Gasteiger partial charge in [0.15, 0.2) is 0 Å². The second kappa shape index (κ2) is 7.25. The molecule has 0 radical (unpaired) electrons. The van der Waals surface area contributed by atoms with Crippen LogP contribution in [0, 0.1) is 0 Å². The average molecular weight is 228 g/mol. The molecule has 1 rings (SSSR count). The van der Waals surface area contributed by atoms with E-state index in [0.717, 1.165) is 13.2 Å². The Morgan fingerprint density at radius 3 is 2.56 bits per heavy atom. The lowest BCUT2D eigenvalue weighted by atomic mass is 10.2. The molecule has 1 saturated heterocycles. The summed E-state index contributed by atoms with van der Waals surface area (Å²) < 4.78 is 5.61. The van der Waals surface area contributed by atoms with Crippen LogP contribution < -0.4 is 0 Å². The lowest BCUT2D eigenvalue weighted by Gasteiger charge is -2.39. The van der Waals surface area contributed by atoms with Crippen LogP contribution in [-0.4, -0.2) is 61.3 Å². The van der Waals surface area contributed by atoms with Gasteiger partial charge in [-0.3, -0.25) is 4.90 Å². The van der Waals surface area contributed by atoms with Gasteiger partial charge in [0.05, 0.1) is 12.7 Å². The second-order valence-corrected chi connectivity index (χ2v) is 5.11. The van der Waals surface area contributed by atoms with Gasteiger partial charge in [-0.2, -0.15) is 0 Å². The standard InChI is InChI=1S/C13H28N2O/c1-5-6-14-7-8-15(13(4)11-14)9-10-16-12(2)3/h12-13H,5-11H2,1-4H3/t13-/m0/s1. The van der Waals surface area contributed by atoms with E-state index in [2.05, 4.69) is 37.5 Å². The topological polar surface area (TPSA) is 15.7 Å². The van der Waals surface area contributed by atoms with Crippen LogP contribution in [0.5, 0.6) is 0 Å². The van der Waals surface area contributed by atoms with Gasteiger partial charge in [-0.15, -0.1) is 0 Å². The quantitative estimate of drug-likeness (QED) is 0.690. The molecule has 0 aromatic rings. The molecule has 0 aromatic carbocycles. The largest absolute Gasteiger partial charge is 0.377 e. The van der Waals surface area contributed by atoms with E-state index in [1.54, 1.807) is 0 Å². The molecule has 16 heavy (non-hydrogen) atoms. The van der Waals surface area contributed by atoms with Crippen molar-refractivity contribution in [2.24, 2.45) is 0 Å². The minimum atomic E-state index is 0.358. The van der Waals surface area contributed by atoms with Crippen LogP contribution in [0.3, 0.4) is 0 Å². The zero-order valence-electron chi connectivity index (χ0n) is 11.4. The first-order valence-electron chi connectivity index (χ1n) is 6.71. The average Bonchev–Trinajstić information content (AvgIpc) is 2.21. The molecule has 1 atom stereocenters. The number of piperazine rings is 1. The minimum Gasteiger partial charge on any atom is -0.377 e. The summed E-state index contributed by atoms with van der Waals surface area (Å²) in [6, 6.07) is 0.677. The van der Waals surface area contributed by atoms with Crippen LogP contribution in [0.1, 0.15) is 34.1 Å². The van der Waals surface area contributed by atoms with Crippen molar-refractivity contribution in [2.45, 2.75) is 46.3 Å². The molecule has 0 aliphatic carbocycles. The normalized spacial score (nSPS) is 24.2. The maximum Gasteiger partial charge on any atom is 0.0597 e. The highest BCUT2D eigenvalue weighted by atomic mass is 16.5. The van der Waals surface area contributed by atoms with Gasteiger partial charge in [0, 0.05) is 32.2 Å². The lowest BCUT2D eigenvalue weighted by molar-refractivity contribution is 0.0258. The van der Waals surface area contributed by atoms with Gasteiger partial charge in [-0.05, 0) is 33.7 Å². The highest BCUT2D eigenvalue weighted by molar-refractivity contribution is 4.78. The van der Waals surface area contributed by atoms with Crippen molar-refractivity contribution in [2.75, 3.05) is 39.3 Å². The molecule has 0 aromatic heterocycles. The first kappa shape index (κ1) is 13.9. The highest BCUT2D eigenvalue weighted by Crippen LogP contribution is 2.09. The van der Waals surface area contributed by atoms with Crippen molar-refractivity contribution >= 4 is 0 Å². The summed E-state index contributed by atoms with van der Waals surface area (Å²) in [4.78, 5) is 5.12. The zero-order chi connectivity index (χ0) is 12.0. The summed E-state index contributed by atoms with van der Waals surface area (Å²) >= 11 is 0. The summed E-state index contributed by atoms with van der Waals surface area (Å²) in [6.07, 6.45) is 1.63. The Balaban J connectivity index is 2.20. The molecule has 0 bridgehead atoms. The predicted molar refractivity (Wildman–Crippen MR) is 68.9 cm³/mol. The molecule has 0 amide bonds. The van der Waals surface area contributed by atoms with Crippen LogP contribution in [0.2, 0.25) is 0 Å². The predicted octanol–water partition coefficient (Wildman–Crippen LogP) is 1.83. The maximum absolute atomic E-state index is 5.61. The Bertz CT molecular complexity index is 185. The fourth-order valence-electron chi connectivity index (χ4n) is 2.33. The number of ether oxygens (including phenoxy) is 1. The number of nitrogens with zero attached hydrogens (tertiary/aromatic N) is 2. The number of rotatable bonds is 6. The molecule has 0 unspecified atom stereocenters. The van der Waals surface area contributed by atoms with E-state index in [-0.39, 0.29) is 0 Å². The molecule has 1 fully saturated rings. The van der Waals surface area contributed by atoms with Crippen molar-refractivity contribution in [1.82, 2.24) is 9.80 Å². The monoisotopic (exact) mass is 228 g/mol. The van der Waals surface area contributed by atoms with Crippen molar-refractivity contribution < 1.29 is 4.74 Å². The number of hydrogen-bond acceptors (Lipinski definition) is 3. The molecule has 0 spiro atoms. The van der Waals surface area contributed by atoms with E-state index in [9.17, 15) is 0 Å². The van der Waals surface area contributed by atoms with Gasteiger partial charge in [0.2, 0.25) is 0 Å². The van der Waals surface area contributed by atoms with Crippen molar-refractivity contribution in [3.8, 4) is 0 Å². The van der Waals surface area contributed by atoms with Crippen molar-refractivity contribution in [3.05, 3.63) is 0 Å². The Morgan fingerprint density at radius 2 is 2.00 bits per heavy atom. The van der Waals surface area contributed by atoms with E-state index in [1.807, 2.05) is 0 Å². The fraction of sp³-hybridized carbons (Fsp3) is 1.00. The van der Waals surface area contributed by atoms with E-state index in [0.29, 0.717) is 12.1 Å². The molecule has 3 heteroatoms.